The van der Waals surface area contributed by atoms with Gasteiger partial charge in [-0.3, -0.25) is 4.79 Å². The highest BCUT2D eigenvalue weighted by Gasteiger charge is 2.23. The number of quaternary nitrogens is 1. The van der Waals surface area contributed by atoms with Crippen LogP contribution in [-0.2, 0) is 19.6 Å². The molecule has 0 aromatic carbocycles. The molecule has 0 aliphatic heterocycles. The molecule has 0 bridgehead atoms. The first-order valence-corrected chi connectivity index (χ1v) is 22.3. The maximum absolute atomic E-state index is 12.5. The van der Waals surface area contributed by atoms with E-state index in [0.717, 1.165) is 38.5 Å². The Kier molecular flexibility index (Phi) is 33.2. The largest absolute Gasteiger partial charge is 0.368 e. The molecule has 1 amide bonds. The molecule has 7 heteroatoms. The van der Waals surface area contributed by atoms with Crippen LogP contribution in [0.25, 0.3) is 0 Å². The maximum atomic E-state index is 12.5. The number of carbonyl (C=O) groups excluding carboxylic acids is 1. The molecule has 0 aromatic rings. The Morgan fingerprint density at radius 3 is 1.30 bits per heavy atom. The van der Waals surface area contributed by atoms with Crippen LogP contribution in [0.5, 0.6) is 0 Å². The van der Waals surface area contributed by atoms with Crippen LogP contribution in [-0.4, -0.2) is 58.5 Å². The first-order chi connectivity index (χ1) is 24.1. The van der Waals surface area contributed by atoms with Gasteiger partial charge in [-0.2, -0.15) is 0 Å². The van der Waals surface area contributed by atoms with Crippen molar-refractivity contribution >= 4 is 15.9 Å². The van der Waals surface area contributed by atoms with Crippen LogP contribution in [0.3, 0.4) is 0 Å². The second kappa shape index (κ2) is 34.4. The molecule has 0 fully saturated rings. The van der Waals surface area contributed by atoms with Gasteiger partial charge < -0.3 is 9.22 Å². The summed E-state index contributed by atoms with van der Waals surface area (Å²) in [6.45, 7) is 4.29. The fourth-order valence-electron chi connectivity index (χ4n) is 5.97. The molecule has 0 atom stereocenters. The molecule has 1 N–H and O–H groups in total. The minimum absolute atomic E-state index is 0.00138. The van der Waals surface area contributed by atoms with Crippen LogP contribution >= 0.6 is 0 Å². The van der Waals surface area contributed by atoms with Gasteiger partial charge in [-0.15, -0.1) is 0 Å². The zero-order valence-corrected chi connectivity index (χ0v) is 34.3. The van der Waals surface area contributed by atoms with Gasteiger partial charge in [0.1, 0.15) is 6.61 Å². The Labute approximate surface area is 311 Å². The normalized spacial score (nSPS) is 12.9. The van der Waals surface area contributed by atoms with Gasteiger partial charge in [0, 0.05) is 0 Å². The van der Waals surface area contributed by atoms with E-state index in [1.165, 1.54) is 128 Å². The van der Waals surface area contributed by atoms with Gasteiger partial charge in [-0.25, -0.2) is 13.1 Å². The van der Waals surface area contributed by atoms with Gasteiger partial charge in [0.15, 0.2) is 5.88 Å². The molecule has 0 rings (SSSR count). The quantitative estimate of drug-likeness (QED) is 0.0397. The second-order valence-corrected chi connectivity index (χ2v) is 16.9. The fourth-order valence-corrected chi connectivity index (χ4v) is 7.46. The summed E-state index contributed by atoms with van der Waals surface area (Å²) < 4.78 is 33.2. The Bertz CT molecular complexity index is 947. The van der Waals surface area contributed by atoms with Crippen LogP contribution in [0, 0.1) is 0 Å². The lowest BCUT2D eigenvalue weighted by Gasteiger charge is -2.23. The van der Waals surface area contributed by atoms with E-state index in [4.69, 9.17) is 4.74 Å². The molecule has 0 aliphatic rings. The molecule has 0 spiro atoms. The van der Waals surface area contributed by atoms with Gasteiger partial charge in [0.05, 0.1) is 27.2 Å². The van der Waals surface area contributed by atoms with E-state index < -0.39 is 15.9 Å². The minimum Gasteiger partial charge on any atom is -0.368 e. The van der Waals surface area contributed by atoms with Gasteiger partial charge >= 0.3 is 0 Å². The summed E-state index contributed by atoms with van der Waals surface area (Å²) in [5.41, 5.74) is 0. The van der Waals surface area contributed by atoms with Gasteiger partial charge in [-0.1, -0.05) is 152 Å². The van der Waals surface area contributed by atoms with Crippen LogP contribution in [0.1, 0.15) is 181 Å². The zero-order chi connectivity index (χ0) is 37.0. The van der Waals surface area contributed by atoms with Crippen molar-refractivity contribution in [2.24, 2.45) is 0 Å². The highest BCUT2D eigenvalue weighted by atomic mass is 32.2. The lowest BCUT2D eigenvalue weighted by atomic mass is 10.0. The number of ether oxygens (including phenoxy) is 1. The molecule has 0 saturated heterocycles. The molecule has 50 heavy (non-hydrogen) atoms. The Morgan fingerprint density at radius 2 is 0.920 bits per heavy atom. The Balaban J connectivity index is 4.31. The predicted octanol–water partition coefficient (Wildman–Crippen LogP) is 11.9. The van der Waals surface area contributed by atoms with Crippen LogP contribution in [0.15, 0.2) is 48.6 Å². The third-order valence-electron chi connectivity index (χ3n) is 8.73. The van der Waals surface area contributed by atoms with E-state index in [1.54, 1.807) is 21.1 Å². The van der Waals surface area contributed by atoms with Crippen molar-refractivity contribution in [1.82, 2.24) is 4.72 Å². The van der Waals surface area contributed by atoms with E-state index in [-0.39, 0.29) is 23.1 Å². The number of unbranched alkanes of at least 4 members (excludes halogenated alkanes) is 18. The number of rotatable bonds is 36. The molecule has 0 heterocycles. The summed E-state index contributed by atoms with van der Waals surface area (Å²) in [6.07, 6.45) is 49.6. The summed E-state index contributed by atoms with van der Waals surface area (Å²) in [5.74, 6) is -0.723. The summed E-state index contributed by atoms with van der Waals surface area (Å²) in [7, 11) is 1.67. The van der Waals surface area contributed by atoms with Crippen molar-refractivity contribution in [3.63, 3.8) is 0 Å². The molecule has 0 radical (unpaired) electrons. The Morgan fingerprint density at radius 1 is 0.560 bits per heavy atom. The van der Waals surface area contributed by atoms with Crippen molar-refractivity contribution in [2.45, 2.75) is 187 Å². The maximum Gasteiger partial charge on any atom is 0.286 e. The summed E-state index contributed by atoms with van der Waals surface area (Å²) >= 11 is 0. The first-order valence-electron chi connectivity index (χ1n) is 20.6. The monoisotopic (exact) mass is 722 g/mol. The van der Waals surface area contributed by atoms with E-state index in [1.807, 2.05) is 0 Å². The van der Waals surface area contributed by atoms with Crippen LogP contribution in [0.2, 0.25) is 0 Å². The first kappa shape index (κ1) is 48.3. The third-order valence-corrected chi connectivity index (χ3v) is 10.4. The number of amides is 1. The Hall–Kier alpha value is -1.70. The van der Waals surface area contributed by atoms with Gasteiger partial charge in [0.2, 0.25) is 0 Å². The van der Waals surface area contributed by atoms with Crippen LogP contribution in [0.4, 0.5) is 0 Å². The van der Waals surface area contributed by atoms with Crippen molar-refractivity contribution in [3.05, 3.63) is 48.6 Å². The number of carbonyl (C=O) groups is 1. The average Bonchev–Trinajstić information content (AvgIpc) is 3.05. The third kappa shape index (κ3) is 37.6. The number of nitrogens with one attached hydrogen (secondary N) is 1. The van der Waals surface area contributed by atoms with Crippen LogP contribution < -0.4 is 4.72 Å². The van der Waals surface area contributed by atoms with Crippen molar-refractivity contribution < 1.29 is 22.4 Å². The average molecular weight is 722 g/mol. The SMILES string of the molecule is CCCCC/C=C\C/C=C\CCCCCCCCC(CCCCCCCC/C=C\C/C=C\CCCCC)OCC(=O)NS(=O)(=O)C[N+](C)(C)C. The molecular weight excluding hydrogens is 641 g/mol. The molecule has 0 aliphatic carbocycles. The summed E-state index contributed by atoms with van der Waals surface area (Å²) in [5, 5.41) is 0. The molecule has 0 aromatic heterocycles. The summed E-state index contributed by atoms with van der Waals surface area (Å²) in [6, 6.07) is 0. The van der Waals surface area contributed by atoms with E-state index >= 15 is 0 Å². The van der Waals surface area contributed by atoms with E-state index in [0.29, 0.717) is 0 Å². The number of hydrogen-bond acceptors (Lipinski definition) is 4. The lowest BCUT2D eigenvalue weighted by Crippen LogP contribution is -2.46. The smallest absolute Gasteiger partial charge is 0.286 e. The standard InChI is InChI=1S/C43H80N2O4S/c1-6-8-10-12-14-16-18-20-22-24-26-28-30-32-34-36-38-42(49-40-43(46)44-50(47,48)41-45(3,4)5)39-37-35-33-31-29-27-25-23-21-19-17-15-13-11-9-7-2/h14-17,20-23,42H,6-13,18-19,24-41H2,1-5H3/p+1/b16-14-,17-15-,22-20-,23-21-. The van der Waals surface area contributed by atoms with Gasteiger partial charge in [-0.05, 0) is 77.0 Å². The molecular formula is C43H81N2O4S+. The van der Waals surface area contributed by atoms with Crippen molar-refractivity contribution in [3.8, 4) is 0 Å². The van der Waals surface area contributed by atoms with E-state index in [9.17, 15) is 13.2 Å². The second-order valence-electron chi connectivity index (χ2n) is 15.2. The molecule has 292 valence electrons. The highest BCUT2D eigenvalue weighted by Crippen LogP contribution is 2.17. The summed E-state index contributed by atoms with van der Waals surface area (Å²) in [4.78, 5) is 12.5. The number of hydrogen-bond donors (Lipinski definition) is 1. The molecule has 6 nitrogen and oxygen atoms in total. The van der Waals surface area contributed by atoms with Crippen molar-refractivity contribution in [1.29, 1.82) is 0 Å². The topological polar surface area (TPSA) is 72.5 Å². The highest BCUT2D eigenvalue weighted by molar-refractivity contribution is 7.89. The number of allylic oxidation sites excluding steroid dienone is 8. The zero-order valence-electron chi connectivity index (χ0n) is 33.5. The van der Waals surface area contributed by atoms with E-state index in [2.05, 4.69) is 67.2 Å². The number of sulfonamides is 1. The van der Waals surface area contributed by atoms with Gasteiger partial charge in [0.25, 0.3) is 15.9 Å². The molecule has 0 unspecified atom stereocenters. The fraction of sp³-hybridized carbons (Fsp3) is 0.791. The molecule has 0 saturated carbocycles. The predicted molar refractivity (Wildman–Crippen MR) is 218 cm³/mol. The van der Waals surface area contributed by atoms with Crippen molar-refractivity contribution in [2.75, 3.05) is 33.6 Å². The lowest BCUT2D eigenvalue weighted by molar-refractivity contribution is -0.858. The number of nitrogens with zero attached hydrogens (tertiary/aromatic N) is 1. The minimum atomic E-state index is -3.70.